The van der Waals surface area contributed by atoms with E-state index in [-0.39, 0.29) is 5.54 Å². The van der Waals surface area contributed by atoms with Gasteiger partial charge in [0.05, 0.1) is 0 Å². The van der Waals surface area contributed by atoms with Crippen LogP contribution in [0.25, 0.3) is 0 Å². The number of rotatable bonds is 8. The van der Waals surface area contributed by atoms with Crippen LogP contribution >= 0.6 is 0 Å². The lowest BCUT2D eigenvalue weighted by atomic mass is 10.1. The molecule has 1 rings (SSSR count). The Morgan fingerprint density at radius 3 is 2.44 bits per heavy atom. The SMILES string of the molecule is CCCCCNc1cc(NCC(C)(C)N)ncn1. The van der Waals surface area contributed by atoms with Gasteiger partial charge in [-0.05, 0) is 20.3 Å². The molecule has 1 aromatic heterocycles. The lowest BCUT2D eigenvalue weighted by Crippen LogP contribution is -2.39. The van der Waals surface area contributed by atoms with E-state index in [1.165, 1.54) is 19.3 Å². The van der Waals surface area contributed by atoms with E-state index >= 15 is 0 Å². The zero-order valence-electron chi connectivity index (χ0n) is 11.7. The molecule has 5 nitrogen and oxygen atoms in total. The zero-order chi connectivity index (χ0) is 13.4. The summed E-state index contributed by atoms with van der Waals surface area (Å²) in [6.07, 6.45) is 5.20. The van der Waals surface area contributed by atoms with E-state index in [4.69, 9.17) is 5.73 Å². The fourth-order valence-electron chi connectivity index (χ4n) is 1.46. The van der Waals surface area contributed by atoms with Gasteiger partial charge in [0.1, 0.15) is 18.0 Å². The Balaban J connectivity index is 2.41. The van der Waals surface area contributed by atoms with Gasteiger partial charge in [0.15, 0.2) is 0 Å². The molecular formula is C13H25N5. The average molecular weight is 251 g/mol. The van der Waals surface area contributed by atoms with E-state index in [1.807, 2.05) is 19.9 Å². The normalized spacial score (nSPS) is 11.3. The minimum atomic E-state index is -0.250. The van der Waals surface area contributed by atoms with Crippen LogP contribution in [-0.2, 0) is 0 Å². The highest BCUT2D eigenvalue weighted by Gasteiger charge is 2.10. The van der Waals surface area contributed by atoms with Crippen molar-refractivity contribution in [2.75, 3.05) is 23.7 Å². The van der Waals surface area contributed by atoms with E-state index in [0.29, 0.717) is 6.54 Å². The zero-order valence-corrected chi connectivity index (χ0v) is 11.7. The number of nitrogens with two attached hydrogens (primary N) is 1. The Labute approximate surface area is 110 Å². The third-order valence-electron chi connectivity index (χ3n) is 2.48. The van der Waals surface area contributed by atoms with Crippen LogP contribution < -0.4 is 16.4 Å². The molecule has 0 aliphatic heterocycles. The first kappa shape index (κ1) is 14.7. The molecule has 5 heteroatoms. The van der Waals surface area contributed by atoms with E-state index in [2.05, 4.69) is 27.5 Å². The summed E-state index contributed by atoms with van der Waals surface area (Å²) in [5.74, 6) is 1.67. The summed E-state index contributed by atoms with van der Waals surface area (Å²) in [5, 5.41) is 6.51. The number of unbranched alkanes of at least 4 members (excludes halogenated alkanes) is 2. The van der Waals surface area contributed by atoms with Gasteiger partial charge >= 0.3 is 0 Å². The van der Waals surface area contributed by atoms with Gasteiger partial charge in [-0.3, -0.25) is 0 Å². The molecule has 102 valence electrons. The minimum Gasteiger partial charge on any atom is -0.370 e. The highest BCUT2D eigenvalue weighted by Crippen LogP contribution is 2.10. The Hall–Kier alpha value is -1.36. The molecular weight excluding hydrogens is 226 g/mol. The van der Waals surface area contributed by atoms with Crippen LogP contribution in [0.4, 0.5) is 11.6 Å². The molecule has 0 bridgehead atoms. The molecule has 0 amide bonds. The summed E-state index contributed by atoms with van der Waals surface area (Å²) < 4.78 is 0. The summed E-state index contributed by atoms with van der Waals surface area (Å²) in [5.41, 5.74) is 5.66. The van der Waals surface area contributed by atoms with E-state index < -0.39 is 0 Å². The van der Waals surface area contributed by atoms with Crippen molar-refractivity contribution in [1.29, 1.82) is 0 Å². The molecule has 1 heterocycles. The molecule has 0 aliphatic carbocycles. The maximum absolute atomic E-state index is 5.91. The summed E-state index contributed by atoms with van der Waals surface area (Å²) in [4.78, 5) is 8.36. The predicted octanol–water partition coefficient (Wildman–Crippen LogP) is 2.23. The number of nitrogens with one attached hydrogen (secondary N) is 2. The molecule has 4 N–H and O–H groups in total. The van der Waals surface area contributed by atoms with Crippen LogP contribution in [0.2, 0.25) is 0 Å². The largest absolute Gasteiger partial charge is 0.370 e. The van der Waals surface area contributed by atoms with Gasteiger partial charge in [-0.2, -0.15) is 0 Å². The van der Waals surface area contributed by atoms with Crippen molar-refractivity contribution in [2.45, 2.75) is 45.6 Å². The highest BCUT2D eigenvalue weighted by molar-refractivity contribution is 5.46. The molecule has 0 saturated carbocycles. The van der Waals surface area contributed by atoms with E-state index in [1.54, 1.807) is 6.33 Å². The highest BCUT2D eigenvalue weighted by atomic mass is 15.1. The van der Waals surface area contributed by atoms with Crippen LogP contribution in [-0.4, -0.2) is 28.6 Å². The van der Waals surface area contributed by atoms with Gasteiger partial charge < -0.3 is 16.4 Å². The monoisotopic (exact) mass is 251 g/mol. The molecule has 18 heavy (non-hydrogen) atoms. The quantitative estimate of drug-likeness (QED) is 0.618. The first-order chi connectivity index (χ1) is 8.51. The average Bonchev–Trinajstić information content (AvgIpc) is 2.32. The molecule has 0 fully saturated rings. The topological polar surface area (TPSA) is 75.9 Å². The van der Waals surface area contributed by atoms with Gasteiger partial charge in [0, 0.05) is 24.7 Å². The maximum Gasteiger partial charge on any atom is 0.131 e. The van der Waals surface area contributed by atoms with Crippen molar-refractivity contribution in [2.24, 2.45) is 5.73 Å². The first-order valence-corrected chi connectivity index (χ1v) is 6.60. The van der Waals surface area contributed by atoms with Crippen molar-refractivity contribution in [3.05, 3.63) is 12.4 Å². The van der Waals surface area contributed by atoms with Crippen LogP contribution in [0.15, 0.2) is 12.4 Å². The number of hydrogen-bond acceptors (Lipinski definition) is 5. The Kier molecular flexibility index (Phi) is 5.85. The minimum absolute atomic E-state index is 0.250. The molecule has 0 radical (unpaired) electrons. The number of nitrogens with zero attached hydrogens (tertiary/aromatic N) is 2. The summed E-state index contributed by atoms with van der Waals surface area (Å²) in [7, 11) is 0. The second kappa shape index (κ2) is 7.16. The number of anilines is 2. The Bertz CT molecular complexity index is 345. The van der Waals surface area contributed by atoms with Gasteiger partial charge in [-0.25, -0.2) is 9.97 Å². The molecule has 0 spiro atoms. The number of hydrogen-bond donors (Lipinski definition) is 3. The molecule has 0 aliphatic rings. The third kappa shape index (κ3) is 6.39. The Morgan fingerprint density at radius 1 is 1.17 bits per heavy atom. The number of aromatic nitrogens is 2. The van der Waals surface area contributed by atoms with E-state index in [9.17, 15) is 0 Å². The van der Waals surface area contributed by atoms with Gasteiger partial charge in [0.25, 0.3) is 0 Å². The molecule has 0 atom stereocenters. The second-order valence-corrected chi connectivity index (χ2v) is 5.26. The fraction of sp³-hybridized carbons (Fsp3) is 0.692. The van der Waals surface area contributed by atoms with Gasteiger partial charge in [-0.1, -0.05) is 19.8 Å². The lowest BCUT2D eigenvalue weighted by molar-refractivity contribution is 0.548. The predicted molar refractivity (Wildman–Crippen MR) is 76.8 cm³/mol. The molecule has 0 saturated heterocycles. The summed E-state index contributed by atoms with van der Waals surface area (Å²) in [6.45, 7) is 7.78. The first-order valence-electron chi connectivity index (χ1n) is 6.60. The fourth-order valence-corrected chi connectivity index (χ4v) is 1.46. The summed E-state index contributed by atoms with van der Waals surface area (Å²) in [6, 6.07) is 1.91. The van der Waals surface area contributed by atoms with Crippen LogP contribution in [0.1, 0.15) is 40.0 Å². The smallest absolute Gasteiger partial charge is 0.131 e. The third-order valence-corrected chi connectivity index (χ3v) is 2.48. The standard InChI is InChI=1S/C13H25N5/c1-4-5-6-7-15-11-8-12(18-10-17-11)16-9-13(2,3)14/h8,10H,4-7,9,14H2,1-3H3,(H2,15,16,17,18). The second-order valence-electron chi connectivity index (χ2n) is 5.26. The van der Waals surface area contributed by atoms with Crippen LogP contribution in [0, 0.1) is 0 Å². The molecule has 1 aromatic rings. The van der Waals surface area contributed by atoms with Crippen molar-refractivity contribution in [1.82, 2.24) is 9.97 Å². The van der Waals surface area contributed by atoms with Gasteiger partial charge in [0.2, 0.25) is 0 Å². The van der Waals surface area contributed by atoms with Gasteiger partial charge in [-0.15, -0.1) is 0 Å². The van der Waals surface area contributed by atoms with Crippen molar-refractivity contribution >= 4 is 11.6 Å². The lowest BCUT2D eigenvalue weighted by Gasteiger charge is -2.19. The molecule has 0 aromatic carbocycles. The van der Waals surface area contributed by atoms with E-state index in [0.717, 1.165) is 18.2 Å². The van der Waals surface area contributed by atoms with Crippen LogP contribution in [0.3, 0.4) is 0 Å². The maximum atomic E-state index is 5.91. The Morgan fingerprint density at radius 2 is 1.83 bits per heavy atom. The molecule has 0 unspecified atom stereocenters. The van der Waals surface area contributed by atoms with Crippen molar-refractivity contribution in [3.8, 4) is 0 Å². The summed E-state index contributed by atoms with van der Waals surface area (Å²) >= 11 is 0. The van der Waals surface area contributed by atoms with Crippen molar-refractivity contribution in [3.63, 3.8) is 0 Å². The van der Waals surface area contributed by atoms with Crippen LogP contribution in [0.5, 0.6) is 0 Å². The van der Waals surface area contributed by atoms with Crippen molar-refractivity contribution < 1.29 is 0 Å².